The van der Waals surface area contributed by atoms with Crippen molar-refractivity contribution in [3.8, 4) is 5.75 Å². The van der Waals surface area contributed by atoms with Crippen molar-refractivity contribution >= 4 is 0 Å². The Morgan fingerprint density at radius 3 is 2.56 bits per heavy atom. The number of hydrogen-bond acceptors (Lipinski definition) is 3. The average molecular weight is 223 g/mol. The van der Waals surface area contributed by atoms with Crippen LogP contribution in [0.15, 0.2) is 18.2 Å². The SMILES string of the molecule is COc1ccc(CO)cc1CN(C)C(C)C. The zero-order valence-electron chi connectivity index (χ0n) is 10.5. The van der Waals surface area contributed by atoms with Crippen molar-refractivity contribution in [1.82, 2.24) is 4.90 Å². The predicted molar refractivity (Wildman–Crippen MR) is 65.5 cm³/mol. The molecule has 0 bridgehead atoms. The Morgan fingerprint density at radius 1 is 1.38 bits per heavy atom. The van der Waals surface area contributed by atoms with Crippen LogP contribution in [-0.4, -0.2) is 30.2 Å². The van der Waals surface area contributed by atoms with Crippen LogP contribution in [0, 0.1) is 0 Å². The molecular formula is C13H21NO2. The van der Waals surface area contributed by atoms with Gasteiger partial charge in [-0.05, 0) is 38.6 Å². The van der Waals surface area contributed by atoms with E-state index in [0.717, 1.165) is 23.4 Å². The van der Waals surface area contributed by atoms with Crippen LogP contribution in [0.2, 0.25) is 0 Å². The number of methoxy groups -OCH3 is 1. The van der Waals surface area contributed by atoms with Crippen molar-refractivity contribution in [3.05, 3.63) is 29.3 Å². The van der Waals surface area contributed by atoms with Crippen molar-refractivity contribution in [2.75, 3.05) is 14.2 Å². The molecule has 1 N–H and O–H groups in total. The maximum absolute atomic E-state index is 9.11. The van der Waals surface area contributed by atoms with Gasteiger partial charge in [0, 0.05) is 18.2 Å². The Morgan fingerprint density at radius 2 is 2.06 bits per heavy atom. The molecule has 0 spiro atoms. The summed E-state index contributed by atoms with van der Waals surface area (Å²) in [7, 11) is 3.75. The van der Waals surface area contributed by atoms with Crippen molar-refractivity contribution in [1.29, 1.82) is 0 Å². The molecule has 0 saturated heterocycles. The van der Waals surface area contributed by atoms with E-state index in [0.29, 0.717) is 6.04 Å². The average Bonchev–Trinajstić information content (AvgIpc) is 2.28. The fourth-order valence-corrected chi connectivity index (χ4v) is 1.51. The Bertz CT molecular complexity index is 337. The molecule has 90 valence electrons. The molecule has 0 atom stereocenters. The van der Waals surface area contributed by atoms with E-state index in [9.17, 15) is 0 Å². The lowest BCUT2D eigenvalue weighted by Gasteiger charge is -2.22. The highest BCUT2D eigenvalue weighted by atomic mass is 16.5. The molecule has 3 heteroatoms. The van der Waals surface area contributed by atoms with Gasteiger partial charge in [0.25, 0.3) is 0 Å². The minimum absolute atomic E-state index is 0.0718. The third kappa shape index (κ3) is 3.22. The van der Waals surface area contributed by atoms with E-state index in [1.54, 1.807) is 7.11 Å². The van der Waals surface area contributed by atoms with Crippen LogP contribution in [0.3, 0.4) is 0 Å². The van der Waals surface area contributed by atoms with Gasteiger partial charge >= 0.3 is 0 Å². The molecule has 0 fully saturated rings. The summed E-state index contributed by atoms with van der Waals surface area (Å²) in [5, 5.41) is 9.11. The second kappa shape index (κ2) is 5.87. The van der Waals surface area contributed by atoms with Gasteiger partial charge in [-0.25, -0.2) is 0 Å². The molecule has 0 aliphatic heterocycles. The molecule has 16 heavy (non-hydrogen) atoms. The second-order valence-electron chi connectivity index (χ2n) is 4.31. The summed E-state index contributed by atoms with van der Waals surface area (Å²) in [6.07, 6.45) is 0. The van der Waals surface area contributed by atoms with Gasteiger partial charge in [-0.15, -0.1) is 0 Å². The van der Waals surface area contributed by atoms with E-state index in [2.05, 4.69) is 25.8 Å². The normalized spacial score (nSPS) is 11.2. The first kappa shape index (κ1) is 13.0. The maximum atomic E-state index is 9.11. The molecule has 0 saturated carbocycles. The molecule has 0 heterocycles. The summed E-state index contributed by atoms with van der Waals surface area (Å²) < 4.78 is 5.32. The zero-order chi connectivity index (χ0) is 12.1. The van der Waals surface area contributed by atoms with Gasteiger partial charge in [-0.2, -0.15) is 0 Å². The van der Waals surface area contributed by atoms with Crippen LogP contribution in [-0.2, 0) is 13.2 Å². The fourth-order valence-electron chi connectivity index (χ4n) is 1.51. The lowest BCUT2D eigenvalue weighted by atomic mass is 10.1. The summed E-state index contributed by atoms with van der Waals surface area (Å²) >= 11 is 0. The van der Waals surface area contributed by atoms with E-state index < -0.39 is 0 Å². The maximum Gasteiger partial charge on any atom is 0.123 e. The molecule has 0 aliphatic rings. The first-order valence-corrected chi connectivity index (χ1v) is 5.55. The molecule has 0 amide bonds. The summed E-state index contributed by atoms with van der Waals surface area (Å²) in [6, 6.07) is 6.28. The molecule has 0 aromatic heterocycles. The summed E-state index contributed by atoms with van der Waals surface area (Å²) in [6.45, 7) is 5.21. The first-order valence-electron chi connectivity index (χ1n) is 5.55. The van der Waals surface area contributed by atoms with Gasteiger partial charge in [0.15, 0.2) is 0 Å². The summed E-state index contributed by atoms with van der Waals surface area (Å²) in [5.41, 5.74) is 2.04. The van der Waals surface area contributed by atoms with Crippen molar-refractivity contribution in [2.45, 2.75) is 33.0 Å². The van der Waals surface area contributed by atoms with E-state index in [1.807, 2.05) is 18.2 Å². The molecule has 1 aromatic rings. The summed E-state index contributed by atoms with van der Waals surface area (Å²) in [4.78, 5) is 2.24. The number of rotatable bonds is 5. The minimum Gasteiger partial charge on any atom is -0.496 e. The standard InChI is InChI=1S/C13H21NO2/c1-10(2)14(3)8-12-7-11(9-15)5-6-13(12)16-4/h5-7,10,15H,8-9H2,1-4H3. The number of benzene rings is 1. The smallest absolute Gasteiger partial charge is 0.123 e. The fraction of sp³-hybridized carbons (Fsp3) is 0.538. The Balaban J connectivity index is 2.91. The number of nitrogens with zero attached hydrogens (tertiary/aromatic N) is 1. The largest absolute Gasteiger partial charge is 0.496 e. The molecule has 0 aliphatic carbocycles. The second-order valence-corrected chi connectivity index (χ2v) is 4.31. The molecule has 0 unspecified atom stereocenters. The van der Waals surface area contributed by atoms with Gasteiger partial charge < -0.3 is 9.84 Å². The van der Waals surface area contributed by atoms with Gasteiger partial charge in [-0.1, -0.05) is 6.07 Å². The zero-order valence-corrected chi connectivity index (χ0v) is 10.5. The number of aliphatic hydroxyl groups excluding tert-OH is 1. The Kier molecular flexibility index (Phi) is 4.77. The van der Waals surface area contributed by atoms with Gasteiger partial charge in [-0.3, -0.25) is 4.90 Å². The van der Waals surface area contributed by atoms with Gasteiger partial charge in [0.05, 0.1) is 13.7 Å². The number of aliphatic hydroxyl groups is 1. The van der Waals surface area contributed by atoms with Crippen LogP contribution in [0.1, 0.15) is 25.0 Å². The van der Waals surface area contributed by atoms with E-state index >= 15 is 0 Å². The molecular weight excluding hydrogens is 202 g/mol. The molecule has 1 rings (SSSR count). The van der Waals surface area contributed by atoms with E-state index in [1.165, 1.54) is 0 Å². The van der Waals surface area contributed by atoms with Crippen molar-refractivity contribution in [3.63, 3.8) is 0 Å². The molecule has 1 aromatic carbocycles. The van der Waals surface area contributed by atoms with Crippen molar-refractivity contribution in [2.24, 2.45) is 0 Å². The van der Waals surface area contributed by atoms with Crippen LogP contribution < -0.4 is 4.74 Å². The Labute approximate surface area is 97.7 Å². The lowest BCUT2D eigenvalue weighted by molar-refractivity contribution is 0.259. The van der Waals surface area contributed by atoms with Gasteiger partial charge in [0.2, 0.25) is 0 Å². The van der Waals surface area contributed by atoms with Crippen LogP contribution >= 0.6 is 0 Å². The third-order valence-electron chi connectivity index (χ3n) is 2.83. The van der Waals surface area contributed by atoms with Crippen molar-refractivity contribution < 1.29 is 9.84 Å². The molecule has 0 radical (unpaired) electrons. The minimum atomic E-state index is 0.0718. The van der Waals surface area contributed by atoms with E-state index in [4.69, 9.17) is 9.84 Å². The van der Waals surface area contributed by atoms with Crippen LogP contribution in [0.4, 0.5) is 0 Å². The monoisotopic (exact) mass is 223 g/mol. The highest BCUT2D eigenvalue weighted by Crippen LogP contribution is 2.21. The summed E-state index contributed by atoms with van der Waals surface area (Å²) in [5.74, 6) is 0.879. The predicted octanol–water partition coefficient (Wildman–Crippen LogP) is 2.03. The topological polar surface area (TPSA) is 32.7 Å². The highest BCUT2D eigenvalue weighted by Gasteiger charge is 2.09. The number of ether oxygens (including phenoxy) is 1. The van der Waals surface area contributed by atoms with E-state index in [-0.39, 0.29) is 6.61 Å². The first-order chi connectivity index (χ1) is 7.58. The molecule has 3 nitrogen and oxygen atoms in total. The third-order valence-corrected chi connectivity index (χ3v) is 2.83. The Hall–Kier alpha value is -1.06. The van der Waals surface area contributed by atoms with Crippen LogP contribution in [0.25, 0.3) is 0 Å². The lowest BCUT2D eigenvalue weighted by Crippen LogP contribution is -2.25. The van der Waals surface area contributed by atoms with Gasteiger partial charge in [0.1, 0.15) is 5.75 Å². The quantitative estimate of drug-likeness (QED) is 0.829. The van der Waals surface area contributed by atoms with Crippen LogP contribution in [0.5, 0.6) is 5.75 Å². The number of hydrogen-bond donors (Lipinski definition) is 1. The highest BCUT2D eigenvalue weighted by molar-refractivity contribution is 5.37.